The first-order valence-corrected chi connectivity index (χ1v) is 14.8. The molecule has 3 aliphatic rings. The number of oxime groups is 1. The maximum absolute atomic E-state index is 12.9. The van der Waals surface area contributed by atoms with Crippen LogP contribution in [0.1, 0.15) is 5.82 Å². The fourth-order valence-corrected chi connectivity index (χ4v) is 6.74. The van der Waals surface area contributed by atoms with E-state index in [1.54, 1.807) is 12.2 Å². The number of hydrogen-bond acceptors (Lipinski definition) is 13. The Hall–Kier alpha value is -3.17. The molecule has 40 heavy (non-hydrogen) atoms. The Balaban J connectivity index is 1.44. The number of β-lactam (4-membered cyclic amide) rings is 1. The lowest BCUT2D eigenvalue weighted by molar-refractivity contribution is -0.907. The number of anilines is 1. The number of carbonyl (C=O) groups excluding carboxylic acids is 3. The number of hydrogen-bond donors (Lipinski definition) is 3. The van der Waals surface area contributed by atoms with E-state index >= 15 is 0 Å². The zero-order chi connectivity index (χ0) is 29.2. The topological polar surface area (TPSA) is 221 Å². The molecule has 16 nitrogen and oxygen atoms in total. The molecule has 0 aromatic carbocycles. The number of carboxylic acid groups (broad SMARTS) is 1. The maximum Gasteiger partial charge on any atom is 0.336 e. The molecule has 1 aromatic rings. The highest BCUT2D eigenvalue weighted by molar-refractivity contribution is 8.00. The zero-order valence-electron chi connectivity index (χ0n) is 20.9. The van der Waals surface area contributed by atoms with Crippen molar-refractivity contribution in [2.24, 2.45) is 5.16 Å². The molecule has 0 spiro atoms. The number of thioether (sulfide) groups is 1. The molecule has 218 valence electrons. The molecule has 0 radical (unpaired) electrons. The number of halogens is 1. The van der Waals surface area contributed by atoms with E-state index < -0.39 is 52.1 Å². The predicted molar refractivity (Wildman–Crippen MR) is 138 cm³/mol. The fourth-order valence-electron chi connectivity index (χ4n) is 4.37. The third-order valence-corrected chi connectivity index (χ3v) is 9.38. The van der Waals surface area contributed by atoms with Crippen LogP contribution in [-0.4, -0.2) is 123 Å². The second-order valence-corrected chi connectivity index (χ2v) is 12.5. The molecule has 1 aromatic heterocycles. The number of carboxylic acids is 1. The van der Waals surface area contributed by atoms with Crippen molar-refractivity contribution < 1.29 is 46.2 Å². The molecule has 3 aliphatic heterocycles. The van der Waals surface area contributed by atoms with Gasteiger partial charge in [0.05, 0.1) is 51.4 Å². The largest absolute Gasteiger partial charge is 0.543 e. The molecule has 0 aliphatic carbocycles. The third kappa shape index (κ3) is 6.25. The van der Waals surface area contributed by atoms with Crippen molar-refractivity contribution in [2.45, 2.75) is 11.4 Å². The molecule has 4 rings (SSSR count). The Labute approximate surface area is 235 Å². The van der Waals surface area contributed by atoms with Crippen LogP contribution in [-0.2, 0) is 29.5 Å². The van der Waals surface area contributed by atoms with Crippen molar-refractivity contribution in [3.05, 3.63) is 29.2 Å². The lowest BCUT2D eigenvalue weighted by Gasteiger charge is -2.50. The van der Waals surface area contributed by atoms with Crippen LogP contribution >= 0.6 is 23.3 Å². The fraction of sp³-hybridized carbons (Fsp3) is 0.500. The highest BCUT2D eigenvalue weighted by atomic mass is 32.2. The van der Waals surface area contributed by atoms with E-state index in [0.29, 0.717) is 29.7 Å². The summed E-state index contributed by atoms with van der Waals surface area (Å²) in [6.45, 7) is 0.265. The number of aliphatic carboxylic acids is 1. The van der Waals surface area contributed by atoms with Gasteiger partial charge in [-0.2, -0.15) is 22.1 Å². The average molecular weight is 621 g/mol. The van der Waals surface area contributed by atoms with Crippen LogP contribution in [0.4, 0.5) is 9.52 Å². The van der Waals surface area contributed by atoms with E-state index in [2.05, 4.69) is 24.7 Å². The monoisotopic (exact) mass is 620 g/mol. The van der Waals surface area contributed by atoms with Crippen molar-refractivity contribution >= 4 is 62.2 Å². The Morgan fingerprint density at radius 1 is 1.40 bits per heavy atom. The van der Waals surface area contributed by atoms with Gasteiger partial charge in [0.1, 0.15) is 11.4 Å². The van der Waals surface area contributed by atoms with Crippen LogP contribution in [0.2, 0.25) is 0 Å². The first kappa shape index (κ1) is 29.8. The Morgan fingerprint density at radius 2 is 2.10 bits per heavy atom. The van der Waals surface area contributed by atoms with Crippen LogP contribution in [0, 0.1) is 0 Å². The number of carbonyl (C=O) groups is 3. The first-order valence-electron chi connectivity index (χ1n) is 11.6. The van der Waals surface area contributed by atoms with Gasteiger partial charge in [-0.15, -0.1) is 11.8 Å². The van der Waals surface area contributed by atoms with Crippen LogP contribution in [0.25, 0.3) is 0 Å². The van der Waals surface area contributed by atoms with E-state index in [4.69, 9.17) is 5.73 Å². The highest BCUT2D eigenvalue weighted by Gasteiger charge is 2.53. The summed E-state index contributed by atoms with van der Waals surface area (Å²) >= 11 is 1.98. The van der Waals surface area contributed by atoms with Gasteiger partial charge in [0.2, 0.25) is 11.5 Å². The van der Waals surface area contributed by atoms with Gasteiger partial charge in [0, 0.05) is 17.3 Å². The number of quaternary nitrogens is 1. The molecular weight excluding hydrogens is 595 g/mol. The number of aromatic nitrogens is 2. The van der Waals surface area contributed by atoms with Crippen molar-refractivity contribution in [1.29, 1.82) is 0 Å². The molecule has 20 heteroatoms. The third-order valence-electron chi connectivity index (χ3n) is 6.52. The molecule has 2 saturated heterocycles. The molecule has 0 unspecified atom stereocenters. The van der Waals surface area contributed by atoms with Crippen LogP contribution in [0.15, 0.2) is 28.6 Å². The lowest BCUT2D eigenvalue weighted by atomic mass is 10.0. The Kier molecular flexibility index (Phi) is 8.75. The SMILES string of the molecule is C[N+]1(C/C=C/C2=C(C(=O)[O-])N3C(=O)[C@@H](NC(=O)/C(=N\OCF)c4nsc(N)n4)[C@@H]3SC2)CCN(S(=O)(=O)O)CC1. The number of nitrogens with two attached hydrogens (primary N) is 1. The lowest BCUT2D eigenvalue weighted by Crippen LogP contribution is -2.71. The number of piperazine rings is 1. The van der Waals surface area contributed by atoms with Gasteiger partial charge in [-0.1, -0.05) is 11.2 Å². The molecule has 0 bridgehead atoms. The summed E-state index contributed by atoms with van der Waals surface area (Å²) in [4.78, 5) is 46.9. The number of nitrogens with one attached hydrogen (secondary N) is 1. The van der Waals surface area contributed by atoms with Crippen molar-refractivity contribution in [3.63, 3.8) is 0 Å². The van der Waals surface area contributed by atoms with Gasteiger partial charge in [0.15, 0.2) is 5.13 Å². The highest BCUT2D eigenvalue weighted by Crippen LogP contribution is 2.40. The zero-order valence-corrected chi connectivity index (χ0v) is 23.4. The van der Waals surface area contributed by atoms with Crippen LogP contribution in [0.3, 0.4) is 0 Å². The number of fused-ring (bicyclic) bond motifs is 1. The number of nitrogen functional groups attached to an aromatic ring is 1. The number of allylic oxidation sites excluding steroid dienone is 1. The van der Waals surface area contributed by atoms with Gasteiger partial charge < -0.3 is 30.3 Å². The average Bonchev–Trinajstić information content (AvgIpc) is 3.32. The minimum atomic E-state index is -4.25. The molecule has 2 atom stereocenters. The number of amides is 2. The van der Waals surface area contributed by atoms with E-state index in [1.165, 1.54) is 11.8 Å². The Morgan fingerprint density at radius 3 is 2.67 bits per heavy atom. The van der Waals surface area contributed by atoms with Crippen LogP contribution < -0.4 is 16.2 Å². The van der Waals surface area contributed by atoms with E-state index in [0.717, 1.165) is 20.7 Å². The standard InChI is InChI=1S/C20H25FN8O8S3/c1-29(7-4-27(5-8-29)40(34,35)36)6-2-3-11-9-38-18-13(17(31)28(18)14(11)19(32)33)23-16(30)12(25-37-10-21)15-24-20(22)39-26-15/h2-3,13,18H,4-10H2,1H3,(H4-,22,23,24,26,30,32,33,34,35,36)/b3-2+,25-12-/t13-,18+/m1/s1. The quantitative estimate of drug-likeness (QED) is 0.0799. The van der Waals surface area contributed by atoms with E-state index in [9.17, 15) is 36.9 Å². The summed E-state index contributed by atoms with van der Waals surface area (Å²) in [6.07, 6.45) is 3.33. The molecule has 2 fully saturated rings. The van der Waals surface area contributed by atoms with Crippen LogP contribution in [0.5, 0.6) is 0 Å². The second kappa shape index (κ2) is 11.7. The van der Waals surface area contributed by atoms with Gasteiger partial charge in [-0.05, 0) is 11.6 Å². The summed E-state index contributed by atoms with van der Waals surface area (Å²) in [5.41, 5.74) is 5.03. The minimum Gasteiger partial charge on any atom is -0.543 e. The molecule has 4 heterocycles. The van der Waals surface area contributed by atoms with Gasteiger partial charge in [-0.25, -0.2) is 4.39 Å². The summed E-state index contributed by atoms with van der Waals surface area (Å²) in [5.74, 6) is -3.25. The number of rotatable bonds is 10. The molecular formula is C20H25FN8O8S3. The molecule has 0 saturated carbocycles. The molecule has 4 N–H and O–H groups in total. The van der Waals surface area contributed by atoms with Gasteiger partial charge in [0.25, 0.3) is 18.7 Å². The smallest absolute Gasteiger partial charge is 0.336 e. The number of nitrogens with zero attached hydrogens (tertiary/aromatic N) is 6. The van der Waals surface area contributed by atoms with E-state index in [1.807, 2.05) is 7.05 Å². The normalized spacial score (nSPS) is 23.6. The molecule has 2 amide bonds. The van der Waals surface area contributed by atoms with Gasteiger partial charge >= 0.3 is 10.3 Å². The Bertz CT molecular complexity index is 1390. The summed E-state index contributed by atoms with van der Waals surface area (Å²) in [7, 11) is -2.35. The second-order valence-electron chi connectivity index (χ2n) is 9.19. The predicted octanol–water partition coefficient (Wildman–Crippen LogP) is -2.71. The van der Waals surface area contributed by atoms with E-state index in [-0.39, 0.29) is 35.5 Å². The minimum absolute atomic E-state index is 0.0187. The summed E-state index contributed by atoms with van der Waals surface area (Å²) in [5, 5.41) is 17.1. The number of likely N-dealkylation sites (N-methyl/N-ethyl adjacent to an activating group) is 1. The van der Waals surface area contributed by atoms with Crippen molar-refractivity contribution in [2.75, 3.05) is 58.1 Å². The maximum atomic E-state index is 12.9. The number of alkyl halides is 1. The summed E-state index contributed by atoms with van der Waals surface area (Å²) < 4.78 is 49.7. The van der Waals surface area contributed by atoms with Gasteiger partial charge in [-0.3, -0.25) is 19.0 Å². The summed E-state index contributed by atoms with van der Waals surface area (Å²) in [6, 6.07) is -1.12. The van der Waals surface area contributed by atoms with Crippen molar-refractivity contribution in [3.8, 4) is 0 Å². The van der Waals surface area contributed by atoms with Crippen molar-refractivity contribution in [1.82, 2.24) is 23.9 Å². The first-order chi connectivity index (χ1) is 18.8.